The number of carbonyl (C=O) groups is 3. The van der Waals surface area contributed by atoms with Gasteiger partial charge in [-0.25, -0.2) is 14.8 Å². The Bertz CT molecular complexity index is 1220. The molecule has 4 N–H and O–H groups in total. The number of aliphatic carboxylic acids is 1. The van der Waals surface area contributed by atoms with Crippen LogP contribution in [0.2, 0.25) is 5.15 Å². The van der Waals surface area contributed by atoms with Crippen LogP contribution in [0.25, 0.3) is 6.08 Å². The third-order valence-corrected chi connectivity index (χ3v) is 7.82. The van der Waals surface area contributed by atoms with Crippen LogP contribution in [0.3, 0.4) is 0 Å². The summed E-state index contributed by atoms with van der Waals surface area (Å²) in [7, 11) is 1.27. The minimum Gasteiger partial charge on any atom is -0.477 e. The van der Waals surface area contributed by atoms with Crippen LogP contribution in [0.1, 0.15) is 10.6 Å². The number of nitrogen functional groups attached to an aromatic ring is 1. The van der Waals surface area contributed by atoms with E-state index in [1.807, 2.05) is 0 Å². The minimum absolute atomic E-state index is 0.135. The average Bonchev–Trinajstić information content (AvgIpc) is 3.40. The number of nitrogens with two attached hydrogens (primary N) is 1. The van der Waals surface area contributed by atoms with Crippen LogP contribution in [0, 0.1) is 0 Å². The van der Waals surface area contributed by atoms with Crippen molar-refractivity contribution in [3.63, 3.8) is 0 Å². The number of carboxylic acids is 1. The normalized spacial score (nSPS) is 20.6. The molecule has 2 amide bonds. The molecule has 0 saturated carbocycles. The number of β-lactam (4-membered cyclic amide) rings is 1. The second-order valence-corrected chi connectivity index (χ2v) is 9.81. The molecule has 11 nitrogen and oxygen atoms in total. The Morgan fingerprint density at radius 3 is 2.82 bits per heavy atom. The number of nitrogens with zero attached hydrogens (tertiary/aromatic N) is 4. The number of thiazole rings is 2. The number of thioether (sulfide) groups is 1. The topological polar surface area (TPSA) is 160 Å². The molecule has 2 aliphatic rings. The zero-order valence-corrected chi connectivity index (χ0v) is 19.9. The Hall–Kier alpha value is -2.94. The molecule has 15 heteroatoms. The number of hydrogen-bond donors (Lipinski definition) is 3. The molecule has 172 valence electrons. The maximum Gasteiger partial charge on any atom is 0.352 e. The van der Waals surface area contributed by atoms with Gasteiger partial charge in [0, 0.05) is 11.1 Å². The van der Waals surface area contributed by atoms with E-state index in [0.717, 1.165) is 11.3 Å². The van der Waals surface area contributed by atoms with Crippen LogP contribution in [-0.2, 0) is 19.2 Å². The van der Waals surface area contributed by atoms with E-state index in [9.17, 15) is 19.5 Å². The first kappa shape index (κ1) is 23.2. The number of anilines is 1. The maximum atomic E-state index is 12.8. The number of aromatic nitrogens is 2. The molecule has 0 spiro atoms. The van der Waals surface area contributed by atoms with E-state index < -0.39 is 29.2 Å². The van der Waals surface area contributed by atoms with Crippen molar-refractivity contribution in [2.24, 2.45) is 5.16 Å². The Morgan fingerprint density at radius 2 is 2.21 bits per heavy atom. The highest BCUT2D eigenvalue weighted by Crippen LogP contribution is 2.41. The number of amides is 2. The number of hydrogen-bond acceptors (Lipinski definition) is 11. The molecule has 0 radical (unpaired) electrons. The molecule has 0 aromatic carbocycles. The average molecular weight is 527 g/mol. The second kappa shape index (κ2) is 9.51. The fourth-order valence-corrected chi connectivity index (χ4v) is 5.94. The smallest absolute Gasteiger partial charge is 0.352 e. The van der Waals surface area contributed by atoms with Crippen LogP contribution < -0.4 is 11.1 Å². The summed E-state index contributed by atoms with van der Waals surface area (Å²) in [4.78, 5) is 52.1. The van der Waals surface area contributed by atoms with Crippen molar-refractivity contribution in [1.29, 1.82) is 0 Å². The van der Waals surface area contributed by atoms with Crippen molar-refractivity contribution in [2.45, 2.75) is 11.4 Å². The molecule has 33 heavy (non-hydrogen) atoms. The van der Waals surface area contributed by atoms with Gasteiger partial charge in [0.05, 0.1) is 10.4 Å². The number of nitrogens with one attached hydrogen (secondary N) is 1. The zero-order valence-electron chi connectivity index (χ0n) is 16.7. The van der Waals surface area contributed by atoms with Gasteiger partial charge in [0.2, 0.25) is 0 Å². The van der Waals surface area contributed by atoms with Gasteiger partial charge in [0.25, 0.3) is 11.8 Å². The molecule has 1 saturated heterocycles. The van der Waals surface area contributed by atoms with E-state index in [1.165, 1.54) is 40.5 Å². The van der Waals surface area contributed by atoms with Crippen molar-refractivity contribution < 1.29 is 24.3 Å². The number of carboxylic acid groups (broad SMARTS) is 1. The summed E-state index contributed by atoms with van der Waals surface area (Å²) in [5.41, 5.74) is 7.58. The molecule has 0 bridgehead atoms. The van der Waals surface area contributed by atoms with E-state index in [-0.39, 0.29) is 22.2 Å². The third kappa shape index (κ3) is 4.46. The summed E-state index contributed by atoms with van der Waals surface area (Å²) in [6, 6.07) is -0.934. The molecular formula is C18H15ClN6O5S3. The Kier molecular flexibility index (Phi) is 6.69. The quantitative estimate of drug-likeness (QED) is 0.277. The van der Waals surface area contributed by atoms with Gasteiger partial charge in [-0.15, -0.1) is 34.4 Å². The number of rotatable bonds is 7. The van der Waals surface area contributed by atoms with Gasteiger partial charge in [0.15, 0.2) is 10.8 Å². The molecule has 2 atom stereocenters. The van der Waals surface area contributed by atoms with Crippen LogP contribution in [0.5, 0.6) is 0 Å². The third-order valence-electron chi connectivity index (χ3n) is 4.63. The summed E-state index contributed by atoms with van der Waals surface area (Å²) in [5, 5.41) is 17.6. The lowest BCUT2D eigenvalue weighted by atomic mass is 10.0. The molecule has 2 aromatic rings. The Labute approximate surface area is 204 Å². The SMILES string of the molecule is CON=C(C(=O)NC1C(=O)N2C(C(=O)O)=C(C=Cc3scnc3Cl)CS[C@@H]12)c1csc(N)n1. The number of fused-ring (bicyclic) bond motifs is 1. The van der Waals surface area contributed by atoms with Crippen molar-refractivity contribution in [2.75, 3.05) is 18.6 Å². The summed E-state index contributed by atoms with van der Waals surface area (Å²) in [6.07, 6.45) is 3.27. The Morgan fingerprint density at radius 1 is 1.42 bits per heavy atom. The summed E-state index contributed by atoms with van der Waals surface area (Å²) in [6.45, 7) is 0. The van der Waals surface area contributed by atoms with Gasteiger partial charge in [-0.1, -0.05) is 22.8 Å². The van der Waals surface area contributed by atoms with E-state index in [2.05, 4.69) is 20.4 Å². The zero-order chi connectivity index (χ0) is 23.7. The predicted molar refractivity (Wildman–Crippen MR) is 126 cm³/mol. The number of oxime groups is 1. The molecule has 4 heterocycles. The lowest BCUT2D eigenvalue weighted by Crippen LogP contribution is -2.71. The van der Waals surface area contributed by atoms with Gasteiger partial charge < -0.3 is 21.0 Å². The van der Waals surface area contributed by atoms with Gasteiger partial charge >= 0.3 is 5.97 Å². The molecule has 1 unspecified atom stereocenters. The molecule has 4 rings (SSSR count). The first-order valence-corrected chi connectivity index (χ1v) is 12.3. The highest BCUT2D eigenvalue weighted by Gasteiger charge is 2.54. The predicted octanol–water partition coefficient (Wildman–Crippen LogP) is 1.64. The van der Waals surface area contributed by atoms with Gasteiger partial charge in [-0.2, -0.15) is 0 Å². The first-order valence-electron chi connectivity index (χ1n) is 9.13. The molecule has 1 fully saturated rings. The number of carbonyl (C=O) groups excluding carboxylic acids is 2. The standard InChI is InChI=1S/C18H15ClN6O5S3/c1-30-24-10(8-5-32-18(20)22-8)14(26)23-11-15(27)25-12(17(28)29)7(4-31-16(11)25)2-3-9-13(19)21-6-33-9/h2-3,5-6,11,16H,4H2,1H3,(H2,20,22)(H,23,26)(H,28,29)/t11?,16-/m0/s1. The van der Waals surface area contributed by atoms with Crippen molar-refractivity contribution in [3.05, 3.63) is 44.0 Å². The lowest BCUT2D eigenvalue weighted by molar-refractivity contribution is -0.150. The fraction of sp³-hybridized carbons (Fsp3) is 0.222. The molecular weight excluding hydrogens is 512 g/mol. The van der Waals surface area contributed by atoms with Crippen LogP contribution in [-0.4, -0.2) is 67.7 Å². The summed E-state index contributed by atoms with van der Waals surface area (Å²) in [5.74, 6) is -2.16. The lowest BCUT2D eigenvalue weighted by Gasteiger charge is -2.49. The minimum atomic E-state index is -1.24. The summed E-state index contributed by atoms with van der Waals surface area (Å²) < 4.78 is 0. The molecule has 2 aromatic heterocycles. The van der Waals surface area contributed by atoms with Crippen molar-refractivity contribution in [1.82, 2.24) is 20.2 Å². The van der Waals surface area contributed by atoms with Crippen LogP contribution >= 0.6 is 46.0 Å². The van der Waals surface area contributed by atoms with Crippen LogP contribution in [0.15, 0.2) is 33.4 Å². The van der Waals surface area contributed by atoms with E-state index >= 15 is 0 Å². The summed E-state index contributed by atoms with van der Waals surface area (Å²) >= 11 is 9.74. The van der Waals surface area contributed by atoms with E-state index in [4.69, 9.17) is 22.2 Å². The van der Waals surface area contributed by atoms with E-state index in [0.29, 0.717) is 21.4 Å². The second-order valence-electron chi connectivity index (χ2n) is 6.57. The van der Waals surface area contributed by atoms with Crippen molar-refractivity contribution in [3.8, 4) is 0 Å². The molecule has 0 aliphatic carbocycles. The Balaban J connectivity index is 1.54. The molecule has 2 aliphatic heterocycles. The fourth-order valence-electron chi connectivity index (χ4n) is 3.20. The van der Waals surface area contributed by atoms with Gasteiger partial charge in [0.1, 0.15) is 35.1 Å². The highest BCUT2D eigenvalue weighted by atomic mass is 35.5. The van der Waals surface area contributed by atoms with Gasteiger partial charge in [-0.3, -0.25) is 14.5 Å². The highest BCUT2D eigenvalue weighted by molar-refractivity contribution is 8.00. The largest absolute Gasteiger partial charge is 0.477 e. The number of allylic oxidation sites excluding steroid dienone is 1. The number of halogens is 1. The van der Waals surface area contributed by atoms with Crippen molar-refractivity contribution >= 4 is 80.7 Å². The maximum absolute atomic E-state index is 12.8. The van der Waals surface area contributed by atoms with Gasteiger partial charge in [-0.05, 0) is 11.6 Å². The monoisotopic (exact) mass is 526 g/mol. The van der Waals surface area contributed by atoms with Crippen LogP contribution in [0.4, 0.5) is 5.13 Å². The van der Waals surface area contributed by atoms with E-state index in [1.54, 1.807) is 17.7 Å². The first-order chi connectivity index (χ1) is 15.8.